The van der Waals surface area contributed by atoms with E-state index in [0.29, 0.717) is 6.04 Å². The highest BCUT2D eigenvalue weighted by Gasteiger charge is 2.05. The zero-order valence-corrected chi connectivity index (χ0v) is 13.3. The zero-order valence-electron chi connectivity index (χ0n) is 13.3. The van der Waals surface area contributed by atoms with E-state index in [1.807, 2.05) is 19.4 Å². The zero-order chi connectivity index (χ0) is 15.2. The predicted octanol–water partition coefficient (Wildman–Crippen LogP) is 2.92. The first-order valence-corrected chi connectivity index (χ1v) is 7.35. The molecule has 0 spiro atoms. The van der Waals surface area contributed by atoms with Gasteiger partial charge in [0.15, 0.2) is 0 Å². The molecule has 1 heterocycles. The highest BCUT2D eigenvalue weighted by atomic mass is 15.2. The van der Waals surface area contributed by atoms with E-state index in [1.165, 1.54) is 11.1 Å². The third kappa shape index (κ3) is 4.83. The van der Waals surface area contributed by atoms with Crippen LogP contribution in [0.3, 0.4) is 0 Å². The summed E-state index contributed by atoms with van der Waals surface area (Å²) < 4.78 is 0. The van der Waals surface area contributed by atoms with E-state index in [2.05, 4.69) is 65.2 Å². The Morgan fingerprint density at radius 3 is 2.62 bits per heavy atom. The monoisotopic (exact) mass is 284 g/mol. The van der Waals surface area contributed by atoms with Gasteiger partial charge in [0.2, 0.25) is 0 Å². The van der Waals surface area contributed by atoms with Crippen LogP contribution in [0.15, 0.2) is 36.7 Å². The topological polar surface area (TPSA) is 41.1 Å². The van der Waals surface area contributed by atoms with Crippen molar-refractivity contribution in [2.45, 2.75) is 39.9 Å². The number of benzene rings is 1. The smallest absolute Gasteiger partial charge is 0.147 e. The van der Waals surface area contributed by atoms with Crippen LogP contribution in [0, 0.1) is 6.92 Å². The van der Waals surface area contributed by atoms with Crippen molar-refractivity contribution in [3.63, 3.8) is 0 Å². The fraction of sp³-hybridized carbons (Fsp3) is 0.412. The van der Waals surface area contributed by atoms with Crippen LogP contribution in [0.4, 0.5) is 5.82 Å². The van der Waals surface area contributed by atoms with E-state index in [-0.39, 0.29) is 0 Å². The van der Waals surface area contributed by atoms with E-state index in [1.54, 1.807) is 0 Å². The third-order valence-corrected chi connectivity index (χ3v) is 3.28. The summed E-state index contributed by atoms with van der Waals surface area (Å²) in [6, 6.07) is 8.99. The summed E-state index contributed by atoms with van der Waals surface area (Å²) >= 11 is 0. The largest absolute Gasteiger partial charge is 0.354 e. The van der Waals surface area contributed by atoms with Crippen molar-refractivity contribution in [3.8, 4) is 0 Å². The fourth-order valence-corrected chi connectivity index (χ4v) is 2.11. The van der Waals surface area contributed by atoms with Crippen LogP contribution in [-0.4, -0.2) is 23.1 Å². The Balaban J connectivity index is 1.97. The molecule has 1 aromatic carbocycles. The molecular formula is C17H24N4. The van der Waals surface area contributed by atoms with Crippen LogP contribution in [0.2, 0.25) is 0 Å². The minimum atomic E-state index is 0.454. The van der Waals surface area contributed by atoms with Crippen LogP contribution >= 0.6 is 0 Å². The Morgan fingerprint density at radius 1 is 1.19 bits per heavy atom. The van der Waals surface area contributed by atoms with E-state index < -0.39 is 0 Å². The molecule has 0 saturated carbocycles. The van der Waals surface area contributed by atoms with Crippen molar-refractivity contribution in [1.29, 1.82) is 0 Å². The Morgan fingerprint density at radius 2 is 2.00 bits per heavy atom. The second kappa shape index (κ2) is 7.18. The molecule has 0 aliphatic heterocycles. The summed E-state index contributed by atoms with van der Waals surface area (Å²) in [5.74, 6) is 0.893. The molecule has 4 nitrogen and oxygen atoms in total. The van der Waals surface area contributed by atoms with Gasteiger partial charge in [0.25, 0.3) is 0 Å². The first kappa shape index (κ1) is 15.4. The molecule has 21 heavy (non-hydrogen) atoms. The van der Waals surface area contributed by atoms with Gasteiger partial charge in [0.1, 0.15) is 5.82 Å². The van der Waals surface area contributed by atoms with E-state index in [0.717, 1.165) is 24.6 Å². The number of hydrogen-bond donors (Lipinski definition) is 1. The van der Waals surface area contributed by atoms with Gasteiger partial charge in [0.05, 0.1) is 18.1 Å². The lowest BCUT2D eigenvalue weighted by atomic mass is 10.1. The average Bonchev–Trinajstić information content (AvgIpc) is 2.45. The van der Waals surface area contributed by atoms with Gasteiger partial charge in [-0.1, -0.05) is 43.7 Å². The lowest BCUT2D eigenvalue weighted by molar-refractivity contribution is 0.580. The van der Waals surface area contributed by atoms with Crippen LogP contribution in [-0.2, 0) is 13.1 Å². The first-order valence-electron chi connectivity index (χ1n) is 7.35. The molecule has 0 saturated heterocycles. The number of rotatable bonds is 6. The van der Waals surface area contributed by atoms with Crippen LogP contribution in [0.5, 0.6) is 0 Å². The van der Waals surface area contributed by atoms with E-state index in [4.69, 9.17) is 0 Å². The molecule has 0 radical (unpaired) electrons. The molecule has 2 rings (SSSR count). The van der Waals surface area contributed by atoms with Gasteiger partial charge in [-0.2, -0.15) is 0 Å². The highest BCUT2D eigenvalue weighted by molar-refractivity contribution is 5.36. The summed E-state index contributed by atoms with van der Waals surface area (Å²) in [6.07, 6.45) is 3.69. The molecular weight excluding hydrogens is 260 g/mol. The number of nitrogens with zero attached hydrogens (tertiary/aromatic N) is 3. The average molecular weight is 284 g/mol. The van der Waals surface area contributed by atoms with Gasteiger partial charge >= 0.3 is 0 Å². The Kier molecular flexibility index (Phi) is 5.28. The number of aromatic nitrogens is 2. The van der Waals surface area contributed by atoms with Crippen molar-refractivity contribution in [2.24, 2.45) is 0 Å². The molecule has 0 bridgehead atoms. The minimum absolute atomic E-state index is 0.454. The second-order valence-corrected chi connectivity index (χ2v) is 5.75. The number of hydrogen-bond acceptors (Lipinski definition) is 4. The first-order chi connectivity index (χ1) is 10.0. The number of anilines is 1. The van der Waals surface area contributed by atoms with Gasteiger partial charge in [-0.3, -0.25) is 4.98 Å². The van der Waals surface area contributed by atoms with Gasteiger partial charge in [-0.15, -0.1) is 0 Å². The maximum absolute atomic E-state index is 4.50. The van der Waals surface area contributed by atoms with Gasteiger partial charge < -0.3 is 10.2 Å². The number of aryl methyl sites for hydroxylation is 1. The normalized spacial score (nSPS) is 10.9. The molecule has 0 aliphatic carbocycles. The van der Waals surface area contributed by atoms with Gasteiger partial charge in [0, 0.05) is 26.2 Å². The Labute approximate surface area is 127 Å². The van der Waals surface area contributed by atoms with Crippen molar-refractivity contribution < 1.29 is 0 Å². The molecule has 0 atom stereocenters. The van der Waals surface area contributed by atoms with E-state index >= 15 is 0 Å². The maximum Gasteiger partial charge on any atom is 0.147 e. The third-order valence-electron chi connectivity index (χ3n) is 3.28. The van der Waals surface area contributed by atoms with Crippen molar-refractivity contribution >= 4 is 5.82 Å². The molecule has 1 aromatic heterocycles. The summed E-state index contributed by atoms with van der Waals surface area (Å²) in [4.78, 5) is 11.1. The molecule has 112 valence electrons. The second-order valence-electron chi connectivity index (χ2n) is 5.75. The van der Waals surface area contributed by atoms with Gasteiger partial charge in [-0.05, 0) is 12.5 Å². The SMILES string of the molecule is Cc1cccc(CN(C)c2cnc(CNC(C)C)cn2)c1. The quantitative estimate of drug-likeness (QED) is 0.885. The summed E-state index contributed by atoms with van der Waals surface area (Å²) in [6.45, 7) is 7.95. The molecule has 2 aromatic rings. The van der Waals surface area contributed by atoms with E-state index in [9.17, 15) is 0 Å². The van der Waals surface area contributed by atoms with Crippen molar-refractivity contribution in [3.05, 3.63) is 53.5 Å². The lowest BCUT2D eigenvalue weighted by Crippen LogP contribution is -2.23. The Hall–Kier alpha value is -1.94. The Bertz CT molecular complexity index is 563. The predicted molar refractivity (Wildman–Crippen MR) is 87.3 cm³/mol. The van der Waals surface area contributed by atoms with Crippen LogP contribution in [0.1, 0.15) is 30.7 Å². The molecule has 1 N–H and O–H groups in total. The van der Waals surface area contributed by atoms with Crippen molar-refractivity contribution in [1.82, 2.24) is 15.3 Å². The molecule has 0 fully saturated rings. The van der Waals surface area contributed by atoms with Crippen molar-refractivity contribution in [2.75, 3.05) is 11.9 Å². The molecule has 0 amide bonds. The summed E-state index contributed by atoms with van der Waals surface area (Å²) in [5.41, 5.74) is 3.53. The van der Waals surface area contributed by atoms with Crippen LogP contribution < -0.4 is 10.2 Å². The lowest BCUT2D eigenvalue weighted by Gasteiger charge is -2.18. The fourth-order valence-electron chi connectivity index (χ4n) is 2.11. The summed E-state index contributed by atoms with van der Waals surface area (Å²) in [7, 11) is 2.04. The standard InChI is InChI=1S/C17H24N4/c1-13(2)18-9-16-10-20-17(11-19-16)21(4)12-15-7-5-6-14(3)8-15/h5-8,10-11,13,18H,9,12H2,1-4H3. The van der Waals surface area contributed by atoms with Crippen LogP contribution in [0.25, 0.3) is 0 Å². The molecule has 4 heteroatoms. The molecule has 0 aliphatic rings. The maximum atomic E-state index is 4.50. The minimum Gasteiger partial charge on any atom is -0.354 e. The number of nitrogens with one attached hydrogen (secondary N) is 1. The summed E-state index contributed by atoms with van der Waals surface area (Å²) in [5, 5.41) is 3.34. The molecule has 0 unspecified atom stereocenters. The highest BCUT2D eigenvalue weighted by Crippen LogP contribution is 2.12. The van der Waals surface area contributed by atoms with Gasteiger partial charge in [-0.25, -0.2) is 4.98 Å².